The highest BCUT2D eigenvalue weighted by Gasteiger charge is 2.25. The number of imide groups is 1. The number of carboxylic acid groups (broad SMARTS) is 1. The fourth-order valence-corrected chi connectivity index (χ4v) is 1.57. The summed E-state index contributed by atoms with van der Waals surface area (Å²) in [5.41, 5.74) is 1.61. The molecule has 0 unspecified atom stereocenters. The van der Waals surface area contributed by atoms with E-state index >= 15 is 0 Å². The van der Waals surface area contributed by atoms with Crippen LogP contribution in [-0.4, -0.2) is 23.1 Å². The standard InChI is InChI=1S/C15H11NO5/c17-13(18)9-8-11-6-4-10(5-7-11)2-1-3-12-14(19)16-15(20)21-12/h1-9H,(H,17,18)(H,16,19,20)/b2-1+,9-8+,12-3-. The number of nitrogens with one attached hydrogen (secondary N) is 1. The van der Waals surface area contributed by atoms with E-state index in [0.29, 0.717) is 0 Å². The smallest absolute Gasteiger partial charge is 0.419 e. The number of alkyl carbamates (subject to hydrolysis) is 1. The summed E-state index contributed by atoms with van der Waals surface area (Å²) < 4.78 is 4.63. The van der Waals surface area contributed by atoms with Crippen LogP contribution in [0.15, 0.2) is 48.3 Å². The van der Waals surface area contributed by atoms with Gasteiger partial charge in [-0.2, -0.15) is 0 Å². The largest absolute Gasteiger partial charge is 0.478 e. The van der Waals surface area contributed by atoms with Crippen molar-refractivity contribution in [2.75, 3.05) is 0 Å². The number of ether oxygens (including phenoxy) is 1. The SMILES string of the molecule is O=C(O)/C=C/c1ccc(/C=C/C=C2\OC(=O)NC2=O)cc1. The molecular formula is C15H11NO5. The van der Waals surface area contributed by atoms with Gasteiger partial charge in [-0.05, 0) is 23.3 Å². The highest BCUT2D eigenvalue weighted by atomic mass is 16.6. The van der Waals surface area contributed by atoms with Gasteiger partial charge in [-0.3, -0.25) is 10.1 Å². The number of hydrogen-bond donors (Lipinski definition) is 2. The second-order valence-corrected chi connectivity index (χ2v) is 4.07. The lowest BCUT2D eigenvalue weighted by Crippen LogP contribution is -2.18. The van der Waals surface area contributed by atoms with Crippen molar-refractivity contribution in [3.8, 4) is 0 Å². The molecule has 21 heavy (non-hydrogen) atoms. The highest BCUT2D eigenvalue weighted by molar-refractivity contribution is 6.07. The predicted molar refractivity (Wildman–Crippen MR) is 74.9 cm³/mol. The highest BCUT2D eigenvalue weighted by Crippen LogP contribution is 2.10. The van der Waals surface area contributed by atoms with Crippen molar-refractivity contribution in [3.63, 3.8) is 0 Å². The van der Waals surface area contributed by atoms with Crippen LogP contribution in [0.25, 0.3) is 12.2 Å². The van der Waals surface area contributed by atoms with Gasteiger partial charge in [0.2, 0.25) is 0 Å². The number of cyclic esters (lactones) is 1. The number of benzene rings is 1. The number of aliphatic carboxylic acids is 1. The van der Waals surface area contributed by atoms with Gasteiger partial charge in [-0.15, -0.1) is 0 Å². The Balaban J connectivity index is 2.02. The first-order chi connectivity index (χ1) is 10.0. The summed E-state index contributed by atoms with van der Waals surface area (Å²) in [6, 6.07) is 7.09. The molecular weight excluding hydrogens is 274 g/mol. The maximum atomic E-state index is 11.2. The van der Waals surface area contributed by atoms with E-state index in [-0.39, 0.29) is 5.76 Å². The van der Waals surface area contributed by atoms with Crippen LogP contribution >= 0.6 is 0 Å². The molecule has 0 radical (unpaired) electrons. The molecule has 0 spiro atoms. The lowest BCUT2D eigenvalue weighted by molar-refractivity contribution is -0.131. The number of carboxylic acids is 1. The number of hydrogen-bond acceptors (Lipinski definition) is 4. The zero-order valence-corrected chi connectivity index (χ0v) is 10.8. The molecule has 6 heteroatoms. The molecule has 2 N–H and O–H groups in total. The summed E-state index contributed by atoms with van der Waals surface area (Å²) in [6.45, 7) is 0. The van der Waals surface area contributed by atoms with E-state index in [1.54, 1.807) is 36.4 Å². The fraction of sp³-hybridized carbons (Fsp3) is 0. The second kappa shape index (κ2) is 6.33. The van der Waals surface area contributed by atoms with Gasteiger partial charge in [0.05, 0.1) is 0 Å². The van der Waals surface area contributed by atoms with E-state index in [4.69, 9.17) is 5.11 Å². The first-order valence-corrected chi connectivity index (χ1v) is 5.97. The molecule has 1 fully saturated rings. The molecule has 2 rings (SSSR count). The molecule has 1 saturated heterocycles. The zero-order valence-electron chi connectivity index (χ0n) is 10.8. The molecule has 1 heterocycles. The normalized spacial score (nSPS) is 16.7. The van der Waals surface area contributed by atoms with E-state index in [9.17, 15) is 14.4 Å². The van der Waals surface area contributed by atoms with Crippen LogP contribution in [0.4, 0.5) is 4.79 Å². The number of rotatable bonds is 4. The molecule has 0 aromatic heterocycles. The number of carbonyl (C=O) groups is 3. The van der Waals surface area contributed by atoms with E-state index < -0.39 is 18.0 Å². The minimum Gasteiger partial charge on any atom is -0.478 e. The van der Waals surface area contributed by atoms with Gasteiger partial charge < -0.3 is 9.84 Å². The van der Waals surface area contributed by atoms with Crippen molar-refractivity contribution < 1.29 is 24.2 Å². The molecule has 0 atom stereocenters. The predicted octanol–water partition coefficient (Wildman–Crippen LogP) is 1.95. The van der Waals surface area contributed by atoms with Gasteiger partial charge >= 0.3 is 12.1 Å². The van der Waals surface area contributed by atoms with Gasteiger partial charge in [-0.1, -0.05) is 36.4 Å². The number of allylic oxidation sites excluding steroid dienone is 2. The van der Waals surface area contributed by atoms with Crippen molar-refractivity contribution in [3.05, 3.63) is 59.4 Å². The average molecular weight is 285 g/mol. The molecule has 1 aliphatic rings. The van der Waals surface area contributed by atoms with Crippen LogP contribution < -0.4 is 5.32 Å². The van der Waals surface area contributed by atoms with Crippen molar-refractivity contribution >= 4 is 30.1 Å². The summed E-state index contributed by atoms with van der Waals surface area (Å²) in [4.78, 5) is 32.3. The average Bonchev–Trinajstić information content (AvgIpc) is 2.76. The molecule has 1 aliphatic heterocycles. The van der Waals surface area contributed by atoms with Crippen molar-refractivity contribution in [1.82, 2.24) is 5.32 Å². The van der Waals surface area contributed by atoms with Crippen LogP contribution in [0.2, 0.25) is 0 Å². The first-order valence-electron chi connectivity index (χ1n) is 5.97. The second-order valence-electron chi connectivity index (χ2n) is 4.07. The molecule has 106 valence electrons. The Kier molecular flexibility index (Phi) is 4.30. The summed E-state index contributed by atoms with van der Waals surface area (Å²) in [7, 11) is 0. The zero-order chi connectivity index (χ0) is 15.2. The molecule has 2 amide bonds. The van der Waals surface area contributed by atoms with Crippen molar-refractivity contribution in [2.24, 2.45) is 0 Å². The van der Waals surface area contributed by atoms with Crippen LogP contribution in [0, 0.1) is 0 Å². The molecule has 0 bridgehead atoms. The quantitative estimate of drug-likeness (QED) is 0.825. The third-order valence-corrected chi connectivity index (χ3v) is 2.53. The Morgan fingerprint density at radius 1 is 1.10 bits per heavy atom. The maximum Gasteiger partial charge on any atom is 0.419 e. The van der Waals surface area contributed by atoms with E-state index in [1.807, 2.05) is 5.32 Å². The van der Waals surface area contributed by atoms with Crippen molar-refractivity contribution in [2.45, 2.75) is 0 Å². The monoisotopic (exact) mass is 285 g/mol. The number of amides is 2. The summed E-state index contributed by atoms with van der Waals surface area (Å²) >= 11 is 0. The lowest BCUT2D eigenvalue weighted by Gasteiger charge is -1.95. The Morgan fingerprint density at radius 3 is 2.24 bits per heavy atom. The Labute approximate surface area is 120 Å². The van der Waals surface area contributed by atoms with Gasteiger partial charge in [0.15, 0.2) is 5.76 Å². The molecule has 0 saturated carbocycles. The Bertz CT molecular complexity index is 668. The van der Waals surface area contributed by atoms with E-state index in [2.05, 4.69) is 4.74 Å². The van der Waals surface area contributed by atoms with E-state index in [0.717, 1.165) is 17.2 Å². The molecule has 6 nitrogen and oxygen atoms in total. The van der Waals surface area contributed by atoms with Gasteiger partial charge in [0.1, 0.15) is 0 Å². The van der Waals surface area contributed by atoms with Crippen LogP contribution in [0.3, 0.4) is 0 Å². The number of carbonyl (C=O) groups excluding carboxylic acids is 2. The molecule has 1 aromatic carbocycles. The van der Waals surface area contributed by atoms with Gasteiger partial charge in [-0.25, -0.2) is 9.59 Å². The third kappa shape index (κ3) is 4.17. The first kappa shape index (κ1) is 14.3. The molecule has 1 aromatic rings. The summed E-state index contributed by atoms with van der Waals surface area (Å²) in [5, 5.41) is 10.5. The topological polar surface area (TPSA) is 92.7 Å². The minimum absolute atomic E-state index is 0.0581. The summed E-state index contributed by atoms with van der Waals surface area (Å²) in [6.07, 6.45) is 6.45. The third-order valence-electron chi connectivity index (χ3n) is 2.53. The van der Waals surface area contributed by atoms with Gasteiger partial charge in [0, 0.05) is 6.08 Å². The lowest BCUT2D eigenvalue weighted by atomic mass is 10.1. The van der Waals surface area contributed by atoms with Crippen LogP contribution in [0.1, 0.15) is 11.1 Å². The van der Waals surface area contributed by atoms with Gasteiger partial charge in [0.25, 0.3) is 5.91 Å². The van der Waals surface area contributed by atoms with Crippen molar-refractivity contribution in [1.29, 1.82) is 0 Å². The fourth-order valence-electron chi connectivity index (χ4n) is 1.57. The Morgan fingerprint density at radius 2 is 1.71 bits per heavy atom. The minimum atomic E-state index is -1.00. The Hall–Kier alpha value is -3.15. The van der Waals surface area contributed by atoms with Crippen LogP contribution in [-0.2, 0) is 14.3 Å². The summed E-state index contributed by atoms with van der Waals surface area (Å²) in [5.74, 6) is -1.63. The van der Waals surface area contributed by atoms with E-state index in [1.165, 1.54) is 12.2 Å². The van der Waals surface area contributed by atoms with Crippen LogP contribution in [0.5, 0.6) is 0 Å². The molecule has 0 aliphatic carbocycles. The maximum absolute atomic E-state index is 11.2.